The SMILES string of the molecule is C[C@@H](C(=O)Nc1ccc(Cl)cc1Cl)N(c1ccc2c(c1)OCCO2)S(C)(=O)=O. The average molecular weight is 445 g/mol. The van der Waals surface area contributed by atoms with E-state index in [1.807, 2.05) is 0 Å². The van der Waals surface area contributed by atoms with Gasteiger partial charge in [0.15, 0.2) is 11.5 Å². The Kier molecular flexibility index (Phi) is 5.92. The van der Waals surface area contributed by atoms with Crippen molar-refractivity contribution < 1.29 is 22.7 Å². The number of amides is 1. The third-order valence-electron chi connectivity index (χ3n) is 4.06. The molecule has 150 valence electrons. The first-order valence-corrected chi connectivity index (χ1v) is 10.9. The van der Waals surface area contributed by atoms with Crippen molar-refractivity contribution in [2.24, 2.45) is 0 Å². The molecule has 3 rings (SSSR count). The lowest BCUT2D eigenvalue weighted by atomic mass is 10.2. The molecule has 1 aliphatic heterocycles. The molecule has 1 N–H and O–H groups in total. The van der Waals surface area contributed by atoms with E-state index >= 15 is 0 Å². The van der Waals surface area contributed by atoms with Gasteiger partial charge in [0.2, 0.25) is 15.9 Å². The van der Waals surface area contributed by atoms with Gasteiger partial charge in [-0.15, -0.1) is 0 Å². The van der Waals surface area contributed by atoms with E-state index in [1.165, 1.54) is 19.1 Å². The lowest BCUT2D eigenvalue weighted by Crippen LogP contribution is -2.45. The number of nitrogens with zero attached hydrogens (tertiary/aromatic N) is 1. The Morgan fingerprint density at radius 2 is 1.79 bits per heavy atom. The van der Waals surface area contributed by atoms with Crippen LogP contribution in [-0.2, 0) is 14.8 Å². The zero-order valence-corrected chi connectivity index (χ0v) is 17.4. The lowest BCUT2D eigenvalue weighted by Gasteiger charge is -2.29. The van der Waals surface area contributed by atoms with Gasteiger partial charge in [-0.05, 0) is 37.3 Å². The van der Waals surface area contributed by atoms with E-state index in [9.17, 15) is 13.2 Å². The predicted molar refractivity (Wildman–Crippen MR) is 109 cm³/mol. The normalized spacial score (nSPS) is 14.3. The quantitative estimate of drug-likeness (QED) is 0.761. The Hall–Kier alpha value is -2.16. The molecule has 0 saturated carbocycles. The predicted octanol–water partition coefficient (Wildman–Crippen LogP) is 3.56. The first kappa shape index (κ1) is 20.6. The lowest BCUT2D eigenvalue weighted by molar-refractivity contribution is -0.116. The fraction of sp³-hybridized carbons (Fsp3) is 0.278. The van der Waals surface area contributed by atoms with Gasteiger partial charge in [-0.25, -0.2) is 8.42 Å². The Morgan fingerprint density at radius 1 is 1.11 bits per heavy atom. The van der Waals surface area contributed by atoms with Gasteiger partial charge in [0.1, 0.15) is 19.3 Å². The van der Waals surface area contributed by atoms with Gasteiger partial charge in [-0.2, -0.15) is 0 Å². The number of nitrogens with one attached hydrogen (secondary N) is 1. The van der Waals surface area contributed by atoms with E-state index in [0.717, 1.165) is 10.6 Å². The summed E-state index contributed by atoms with van der Waals surface area (Å²) in [7, 11) is -3.78. The Bertz CT molecular complexity index is 1010. The van der Waals surface area contributed by atoms with E-state index in [4.69, 9.17) is 32.7 Å². The minimum Gasteiger partial charge on any atom is -0.486 e. The second-order valence-corrected chi connectivity index (χ2v) is 8.88. The van der Waals surface area contributed by atoms with Crippen molar-refractivity contribution >= 4 is 50.5 Å². The minimum absolute atomic E-state index is 0.248. The van der Waals surface area contributed by atoms with Crippen molar-refractivity contribution in [2.45, 2.75) is 13.0 Å². The van der Waals surface area contributed by atoms with Crippen molar-refractivity contribution in [1.82, 2.24) is 0 Å². The molecule has 0 aliphatic carbocycles. The van der Waals surface area contributed by atoms with Crippen LogP contribution in [0.1, 0.15) is 6.92 Å². The van der Waals surface area contributed by atoms with Gasteiger partial charge in [-0.1, -0.05) is 23.2 Å². The molecule has 0 radical (unpaired) electrons. The molecule has 1 amide bonds. The topological polar surface area (TPSA) is 84.9 Å². The molecule has 0 aromatic heterocycles. The highest BCUT2D eigenvalue weighted by molar-refractivity contribution is 7.92. The first-order valence-electron chi connectivity index (χ1n) is 8.32. The van der Waals surface area contributed by atoms with Crippen LogP contribution in [0.3, 0.4) is 0 Å². The van der Waals surface area contributed by atoms with E-state index in [0.29, 0.717) is 35.4 Å². The largest absolute Gasteiger partial charge is 0.486 e. The Morgan fingerprint density at radius 3 is 2.43 bits per heavy atom. The molecule has 28 heavy (non-hydrogen) atoms. The molecule has 0 spiro atoms. The fourth-order valence-electron chi connectivity index (χ4n) is 2.81. The summed E-state index contributed by atoms with van der Waals surface area (Å²) in [6.07, 6.45) is 1.03. The zero-order chi connectivity index (χ0) is 20.5. The molecule has 0 unspecified atom stereocenters. The summed E-state index contributed by atoms with van der Waals surface area (Å²) in [5.74, 6) is 0.392. The summed E-state index contributed by atoms with van der Waals surface area (Å²) in [5.41, 5.74) is 0.621. The van der Waals surface area contributed by atoms with E-state index in [-0.39, 0.29) is 10.7 Å². The molecular weight excluding hydrogens is 427 g/mol. The Balaban J connectivity index is 1.90. The highest BCUT2D eigenvalue weighted by Gasteiger charge is 2.30. The fourth-order valence-corrected chi connectivity index (χ4v) is 4.43. The number of sulfonamides is 1. The molecule has 0 fully saturated rings. The maximum atomic E-state index is 12.7. The third kappa shape index (κ3) is 4.45. The molecule has 0 bridgehead atoms. The molecule has 10 heteroatoms. The maximum Gasteiger partial charge on any atom is 0.248 e. The highest BCUT2D eigenvalue weighted by Crippen LogP contribution is 2.35. The van der Waals surface area contributed by atoms with Crippen molar-refractivity contribution in [3.8, 4) is 11.5 Å². The number of halogens is 2. The van der Waals surface area contributed by atoms with Crippen LogP contribution in [0.25, 0.3) is 0 Å². The number of anilines is 2. The third-order valence-corrected chi connectivity index (χ3v) is 5.85. The van der Waals surface area contributed by atoms with Crippen LogP contribution in [0.2, 0.25) is 10.0 Å². The summed E-state index contributed by atoms with van der Waals surface area (Å²) in [4.78, 5) is 12.7. The molecule has 1 aliphatic rings. The first-order chi connectivity index (χ1) is 13.2. The average Bonchev–Trinajstić information content (AvgIpc) is 2.62. The van der Waals surface area contributed by atoms with Gasteiger partial charge in [0.05, 0.1) is 22.7 Å². The number of hydrogen-bond acceptors (Lipinski definition) is 5. The van der Waals surface area contributed by atoms with E-state index < -0.39 is 22.0 Å². The number of hydrogen-bond donors (Lipinski definition) is 1. The van der Waals surface area contributed by atoms with Crippen molar-refractivity contribution in [1.29, 1.82) is 0 Å². The molecular formula is C18H18Cl2N2O5S. The summed E-state index contributed by atoms with van der Waals surface area (Å²) in [6.45, 7) is 2.26. The van der Waals surface area contributed by atoms with Gasteiger partial charge < -0.3 is 14.8 Å². The zero-order valence-electron chi connectivity index (χ0n) is 15.1. The van der Waals surface area contributed by atoms with E-state index in [2.05, 4.69) is 5.32 Å². The highest BCUT2D eigenvalue weighted by atomic mass is 35.5. The maximum absolute atomic E-state index is 12.7. The van der Waals surface area contributed by atoms with Crippen LogP contribution >= 0.6 is 23.2 Å². The van der Waals surface area contributed by atoms with Crippen LogP contribution in [0.4, 0.5) is 11.4 Å². The minimum atomic E-state index is -3.78. The van der Waals surface area contributed by atoms with Crippen LogP contribution in [-0.4, -0.2) is 39.8 Å². The van der Waals surface area contributed by atoms with Gasteiger partial charge in [0, 0.05) is 11.1 Å². The smallest absolute Gasteiger partial charge is 0.248 e. The molecule has 2 aromatic carbocycles. The molecule has 7 nitrogen and oxygen atoms in total. The van der Waals surface area contributed by atoms with Crippen LogP contribution < -0.4 is 19.1 Å². The summed E-state index contributed by atoms with van der Waals surface area (Å²) >= 11 is 11.9. The van der Waals surface area contributed by atoms with Gasteiger partial charge in [-0.3, -0.25) is 9.10 Å². The molecule has 0 saturated heterocycles. The number of fused-ring (bicyclic) bond motifs is 1. The molecule has 2 aromatic rings. The monoisotopic (exact) mass is 444 g/mol. The number of carbonyl (C=O) groups excluding carboxylic acids is 1. The van der Waals surface area contributed by atoms with Gasteiger partial charge >= 0.3 is 0 Å². The molecule has 1 heterocycles. The van der Waals surface area contributed by atoms with Crippen molar-refractivity contribution in [3.05, 3.63) is 46.4 Å². The van der Waals surface area contributed by atoms with Crippen molar-refractivity contribution in [3.63, 3.8) is 0 Å². The number of rotatable bonds is 5. The number of benzene rings is 2. The van der Waals surface area contributed by atoms with Gasteiger partial charge in [0.25, 0.3) is 0 Å². The number of ether oxygens (including phenoxy) is 2. The van der Waals surface area contributed by atoms with Crippen LogP contribution in [0, 0.1) is 0 Å². The standard InChI is InChI=1S/C18H18Cl2N2O5S/c1-11(18(23)21-15-5-3-12(19)9-14(15)20)22(28(2,24)25)13-4-6-16-17(10-13)27-8-7-26-16/h3-6,9-11H,7-8H2,1-2H3,(H,21,23)/t11-/m0/s1. The summed E-state index contributed by atoms with van der Waals surface area (Å²) in [6, 6.07) is 8.26. The summed E-state index contributed by atoms with van der Waals surface area (Å²) < 4.78 is 36.9. The van der Waals surface area contributed by atoms with Crippen LogP contribution in [0.15, 0.2) is 36.4 Å². The summed E-state index contributed by atoms with van der Waals surface area (Å²) in [5, 5.41) is 3.30. The van der Waals surface area contributed by atoms with Crippen molar-refractivity contribution in [2.75, 3.05) is 29.1 Å². The second kappa shape index (κ2) is 8.06. The van der Waals surface area contributed by atoms with E-state index in [1.54, 1.807) is 24.3 Å². The number of carbonyl (C=O) groups is 1. The van der Waals surface area contributed by atoms with Crippen LogP contribution in [0.5, 0.6) is 11.5 Å². The molecule has 1 atom stereocenters. The Labute approximate surface area is 173 Å². The second-order valence-electron chi connectivity index (χ2n) is 6.18.